The molecule has 5 heterocycles. The molecule has 39 heavy (non-hydrogen) atoms. The number of carbonyl (C=O) groups is 1. The van der Waals surface area contributed by atoms with Crippen LogP contribution in [0.25, 0.3) is 28.0 Å². The van der Waals surface area contributed by atoms with Gasteiger partial charge in [-0.3, -0.25) is 14.9 Å². The molecule has 1 aliphatic rings. The van der Waals surface area contributed by atoms with Crippen LogP contribution in [-0.2, 0) is 12.8 Å². The van der Waals surface area contributed by atoms with Crippen LogP contribution >= 0.6 is 0 Å². The van der Waals surface area contributed by atoms with Crippen molar-refractivity contribution in [3.8, 4) is 22.4 Å². The number of hydrogen-bond acceptors (Lipinski definition) is 7. The summed E-state index contributed by atoms with van der Waals surface area (Å²) in [5.74, 6) is 0.644. The fourth-order valence-corrected chi connectivity index (χ4v) is 5.29. The molecule has 0 bridgehead atoms. The van der Waals surface area contributed by atoms with Crippen molar-refractivity contribution in [2.24, 2.45) is 0 Å². The number of nitrogens with two attached hydrogens (primary N) is 1. The maximum absolute atomic E-state index is 13.0. The third-order valence-electron chi connectivity index (χ3n) is 7.24. The predicted octanol–water partition coefficient (Wildman–Crippen LogP) is 4.47. The number of nitrogen functional groups attached to an aromatic ring is 1. The first-order valence-corrected chi connectivity index (χ1v) is 13.1. The minimum absolute atomic E-state index is 0.00525. The highest BCUT2D eigenvalue weighted by Gasteiger charge is 2.30. The van der Waals surface area contributed by atoms with Crippen molar-refractivity contribution in [1.82, 2.24) is 39.7 Å². The zero-order chi connectivity index (χ0) is 26.9. The zero-order valence-corrected chi connectivity index (χ0v) is 21.9. The van der Waals surface area contributed by atoms with Crippen LogP contribution < -0.4 is 5.73 Å². The molecule has 1 aromatic carbocycles. The molecule has 0 fully saturated rings. The molecule has 10 heteroatoms. The molecule has 10 nitrogen and oxygen atoms in total. The molecule has 1 atom stereocenters. The molecule has 4 aromatic heterocycles. The first-order valence-electron chi connectivity index (χ1n) is 13.1. The summed E-state index contributed by atoms with van der Waals surface area (Å²) in [5.41, 5.74) is 14.1. The molecule has 1 amide bonds. The maximum Gasteiger partial charge on any atom is 0.295 e. The highest BCUT2D eigenvalue weighted by atomic mass is 16.2. The minimum atomic E-state index is -0.183. The van der Waals surface area contributed by atoms with Crippen LogP contribution in [-0.4, -0.2) is 51.6 Å². The van der Waals surface area contributed by atoms with Gasteiger partial charge in [0.2, 0.25) is 5.82 Å². The molecular weight excluding hydrogens is 490 g/mol. The van der Waals surface area contributed by atoms with Crippen molar-refractivity contribution >= 4 is 17.4 Å². The number of nitrogens with one attached hydrogen (secondary N) is 1. The normalized spacial score (nSPS) is 15.2. The minimum Gasteiger partial charge on any atom is -0.383 e. The Morgan fingerprint density at radius 2 is 1.95 bits per heavy atom. The van der Waals surface area contributed by atoms with Gasteiger partial charge in [0.1, 0.15) is 12.1 Å². The molecule has 6 rings (SSSR count). The Morgan fingerprint density at radius 1 is 1.10 bits per heavy atom. The molecule has 1 aliphatic heterocycles. The van der Waals surface area contributed by atoms with Crippen LogP contribution in [0.1, 0.15) is 48.6 Å². The van der Waals surface area contributed by atoms with Gasteiger partial charge in [0.05, 0.1) is 11.9 Å². The number of carbonyl (C=O) groups excluding carboxylic acids is 1. The van der Waals surface area contributed by atoms with E-state index in [4.69, 9.17) is 10.7 Å². The number of fused-ring (bicyclic) bond motifs is 1. The third kappa shape index (κ3) is 4.54. The van der Waals surface area contributed by atoms with Crippen LogP contribution in [0, 0.1) is 0 Å². The second-order valence-corrected chi connectivity index (χ2v) is 9.79. The van der Waals surface area contributed by atoms with Crippen molar-refractivity contribution in [2.45, 2.75) is 45.6 Å². The Balaban J connectivity index is 1.29. The monoisotopic (exact) mass is 519 g/mol. The summed E-state index contributed by atoms with van der Waals surface area (Å²) in [6.45, 7) is 4.11. The van der Waals surface area contributed by atoms with Gasteiger partial charge in [-0.15, -0.1) is 0 Å². The largest absolute Gasteiger partial charge is 0.383 e. The molecule has 0 saturated heterocycles. The Morgan fingerprint density at radius 3 is 2.67 bits per heavy atom. The Bertz CT molecular complexity index is 1650. The van der Waals surface area contributed by atoms with Gasteiger partial charge >= 0.3 is 0 Å². The van der Waals surface area contributed by atoms with Crippen LogP contribution in [0.5, 0.6) is 0 Å². The molecule has 5 aromatic rings. The number of amides is 1. The SMILES string of the molecule is CCc1c(CCC2CC(C)=CN2C(=O)c2ncn[nH]2)nc2c(-c3ccc(-c4ccccc4)nc3)cnn2c1N. The fraction of sp³-hybridized carbons (Fsp3) is 0.241. The van der Waals surface area contributed by atoms with E-state index in [9.17, 15) is 4.79 Å². The van der Waals surface area contributed by atoms with Crippen LogP contribution in [0.2, 0.25) is 0 Å². The lowest BCUT2D eigenvalue weighted by Crippen LogP contribution is -2.34. The number of benzene rings is 1. The van der Waals surface area contributed by atoms with Gasteiger partial charge < -0.3 is 10.6 Å². The molecule has 0 radical (unpaired) electrons. The lowest BCUT2D eigenvalue weighted by atomic mass is 10.0. The standard InChI is InChI=1S/C29H29N9O/c1-3-22-25(12-10-21-13-18(2)16-37(21)29(39)27-32-17-33-36-27)35-28-23(15-34-38(28)26(22)30)20-9-11-24(31-14-20)19-7-5-4-6-8-19/h4-9,11,14-17,21H,3,10,12-13,30H2,1-2H3,(H,32,33,36). The molecule has 0 spiro atoms. The summed E-state index contributed by atoms with van der Waals surface area (Å²) in [6.07, 6.45) is 9.84. The summed E-state index contributed by atoms with van der Waals surface area (Å²) in [6, 6.07) is 14.1. The number of pyridine rings is 1. The summed E-state index contributed by atoms with van der Waals surface area (Å²) in [5, 5.41) is 11.1. The molecule has 3 N–H and O–H groups in total. The van der Waals surface area contributed by atoms with Gasteiger partial charge in [0, 0.05) is 46.4 Å². The quantitative estimate of drug-likeness (QED) is 0.324. The third-order valence-corrected chi connectivity index (χ3v) is 7.24. The number of rotatable bonds is 7. The number of aromatic amines is 1. The van der Waals surface area contributed by atoms with Crippen LogP contribution in [0.3, 0.4) is 0 Å². The highest BCUT2D eigenvalue weighted by molar-refractivity contribution is 5.91. The lowest BCUT2D eigenvalue weighted by Gasteiger charge is -2.23. The van der Waals surface area contributed by atoms with Gasteiger partial charge in [-0.1, -0.05) is 48.9 Å². The van der Waals surface area contributed by atoms with Gasteiger partial charge in [0.15, 0.2) is 5.65 Å². The van der Waals surface area contributed by atoms with E-state index in [-0.39, 0.29) is 17.8 Å². The van der Waals surface area contributed by atoms with Gasteiger partial charge in [-0.25, -0.2) is 9.97 Å². The average Bonchev–Trinajstić information content (AvgIpc) is 3.72. The van der Waals surface area contributed by atoms with Gasteiger partial charge in [-0.2, -0.15) is 14.7 Å². The van der Waals surface area contributed by atoms with Crippen molar-refractivity contribution in [1.29, 1.82) is 0 Å². The van der Waals surface area contributed by atoms with E-state index in [0.29, 0.717) is 17.9 Å². The van der Waals surface area contributed by atoms with Crippen molar-refractivity contribution in [3.63, 3.8) is 0 Å². The summed E-state index contributed by atoms with van der Waals surface area (Å²) in [4.78, 5) is 28.5. The van der Waals surface area contributed by atoms with E-state index >= 15 is 0 Å². The zero-order valence-electron chi connectivity index (χ0n) is 21.9. The van der Waals surface area contributed by atoms with Crippen LogP contribution in [0.4, 0.5) is 5.82 Å². The highest BCUT2D eigenvalue weighted by Crippen LogP contribution is 2.31. The van der Waals surface area contributed by atoms with E-state index < -0.39 is 0 Å². The van der Waals surface area contributed by atoms with E-state index in [2.05, 4.69) is 32.2 Å². The van der Waals surface area contributed by atoms with Crippen molar-refractivity contribution < 1.29 is 4.79 Å². The number of H-pyrrole nitrogens is 1. The Kier molecular flexibility index (Phi) is 6.36. The second kappa shape index (κ2) is 10.1. The predicted molar refractivity (Wildman–Crippen MR) is 148 cm³/mol. The average molecular weight is 520 g/mol. The Labute approximate surface area is 225 Å². The Hall–Kier alpha value is -4.86. The molecule has 0 saturated carbocycles. The number of hydrogen-bond donors (Lipinski definition) is 2. The fourth-order valence-electron chi connectivity index (χ4n) is 5.29. The topological polar surface area (TPSA) is 131 Å². The summed E-state index contributed by atoms with van der Waals surface area (Å²) in [7, 11) is 0. The molecule has 196 valence electrons. The van der Waals surface area contributed by atoms with Crippen molar-refractivity contribution in [2.75, 3.05) is 5.73 Å². The first kappa shape index (κ1) is 24.5. The smallest absolute Gasteiger partial charge is 0.295 e. The summed E-state index contributed by atoms with van der Waals surface area (Å²) >= 11 is 0. The number of nitrogens with zero attached hydrogens (tertiary/aromatic N) is 7. The maximum atomic E-state index is 13.0. The van der Waals surface area contributed by atoms with Crippen molar-refractivity contribution in [3.05, 3.63) is 90.0 Å². The van der Waals surface area contributed by atoms with E-state index in [0.717, 1.165) is 58.5 Å². The first-order chi connectivity index (χ1) is 19.0. The number of aromatic nitrogens is 7. The second-order valence-electron chi connectivity index (χ2n) is 9.79. The van der Waals surface area contributed by atoms with E-state index in [1.807, 2.05) is 61.8 Å². The van der Waals surface area contributed by atoms with Gasteiger partial charge in [-0.05, 0) is 38.7 Å². The molecule has 0 aliphatic carbocycles. The van der Waals surface area contributed by atoms with E-state index in [1.54, 1.807) is 15.6 Å². The van der Waals surface area contributed by atoms with Gasteiger partial charge in [0.25, 0.3) is 5.91 Å². The lowest BCUT2D eigenvalue weighted by molar-refractivity contribution is 0.0767. The summed E-state index contributed by atoms with van der Waals surface area (Å²) < 4.78 is 1.71. The molecular formula is C29H29N9O. The van der Waals surface area contributed by atoms with Crippen LogP contribution in [0.15, 0.2) is 73.0 Å². The molecule has 1 unspecified atom stereocenters. The number of anilines is 1. The van der Waals surface area contributed by atoms with E-state index in [1.165, 1.54) is 6.33 Å². The number of aryl methyl sites for hydroxylation is 1.